The van der Waals surface area contributed by atoms with Crippen molar-refractivity contribution in [2.24, 2.45) is 17.3 Å². The van der Waals surface area contributed by atoms with Crippen LogP contribution in [0.25, 0.3) is 0 Å². The number of ketones is 1. The van der Waals surface area contributed by atoms with Gasteiger partial charge in [0.2, 0.25) is 0 Å². The fourth-order valence-corrected chi connectivity index (χ4v) is 5.53. The van der Waals surface area contributed by atoms with Crippen LogP contribution in [-0.2, 0) is 20.7 Å². The minimum Gasteiger partial charge on any atom is -0.508 e. The zero-order chi connectivity index (χ0) is 17.6. The molecule has 0 unspecified atom stereocenters. The number of hydrogen-bond acceptors (Lipinski definition) is 4. The number of aromatic hydroxyl groups is 1. The van der Waals surface area contributed by atoms with Crippen molar-refractivity contribution >= 4 is 12.1 Å². The molecule has 1 aromatic carbocycles. The normalized spacial score (nSPS) is 35.0. The quantitative estimate of drug-likeness (QED) is 0.396. The highest BCUT2D eigenvalue weighted by molar-refractivity contribution is 6.02. The number of carbonyl (C=O) groups excluding carboxylic acids is 2. The molecule has 2 fully saturated rings. The standard InChI is InChI=1S/C21H24O4/c1-21-7-6-17-16-5-3-15(23)10-13(16)2-4-18(17)19(21)11-14(20(21)24)12-25-9-8-22/h3,5,8,10,12,17-19,23H,2,4,6-7,9,11H2,1H3/t17-,18-,19+,21+/m1/s1. The molecule has 0 radical (unpaired) electrons. The van der Waals surface area contributed by atoms with Crippen LogP contribution in [0.3, 0.4) is 0 Å². The molecule has 1 N–H and O–H groups in total. The van der Waals surface area contributed by atoms with Crippen LogP contribution < -0.4 is 0 Å². The van der Waals surface area contributed by atoms with Crippen LogP contribution in [0.4, 0.5) is 0 Å². The van der Waals surface area contributed by atoms with Gasteiger partial charge < -0.3 is 9.84 Å². The van der Waals surface area contributed by atoms with Crippen molar-refractivity contribution in [2.45, 2.75) is 44.9 Å². The smallest absolute Gasteiger partial charge is 0.168 e. The zero-order valence-electron chi connectivity index (χ0n) is 14.5. The lowest BCUT2D eigenvalue weighted by atomic mass is 9.55. The van der Waals surface area contributed by atoms with E-state index >= 15 is 0 Å². The Morgan fingerprint density at radius 2 is 2.20 bits per heavy atom. The van der Waals surface area contributed by atoms with Gasteiger partial charge in [-0.15, -0.1) is 0 Å². The van der Waals surface area contributed by atoms with Crippen molar-refractivity contribution in [3.63, 3.8) is 0 Å². The minimum absolute atomic E-state index is 0.00107. The van der Waals surface area contributed by atoms with Gasteiger partial charge in [0.05, 0.1) is 6.26 Å². The van der Waals surface area contributed by atoms with Crippen molar-refractivity contribution in [3.05, 3.63) is 41.2 Å². The molecule has 3 aliphatic rings. The summed E-state index contributed by atoms with van der Waals surface area (Å²) < 4.78 is 5.21. The molecule has 0 aliphatic heterocycles. The molecule has 0 bridgehead atoms. The first-order valence-electron chi connectivity index (χ1n) is 9.15. The van der Waals surface area contributed by atoms with Gasteiger partial charge in [-0.2, -0.15) is 0 Å². The minimum atomic E-state index is -0.300. The molecule has 0 spiro atoms. The highest BCUT2D eigenvalue weighted by Crippen LogP contribution is 2.60. The zero-order valence-corrected chi connectivity index (χ0v) is 14.5. The number of carbonyl (C=O) groups is 2. The van der Waals surface area contributed by atoms with E-state index in [-0.39, 0.29) is 17.8 Å². The maximum Gasteiger partial charge on any atom is 0.168 e. The van der Waals surface area contributed by atoms with Crippen molar-refractivity contribution in [2.75, 3.05) is 6.61 Å². The Kier molecular flexibility index (Phi) is 3.94. The second-order valence-corrected chi connectivity index (χ2v) is 7.93. The molecule has 2 saturated carbocycles. The third kappa shape index (κ3) is 2.50. The van der Waals surface area contributed by atoms with E-state index in [0.717, 1.165) is 37.7 Å². The SMILES string of the molecule is C[C@]12CC[C@@H]3c4ccc(O)cc4CC[C@H]3[C@@H]1CC(=COCC=O)C2=O. The summed E-state index contributed by atoms with van der Waals surface area (Å²) in [5.41, 5.74) is 3.07. The van der Waals surface area contributed by atoms with E-state index < -0.39 is 0 Å². The number of allylic oxidation sites excluding steroid dienone is 1. The van der Waals surface area contributed by atoms with Crippen LogP contribution in [0, 0.1) is 17.3 Å². The third-order valence-electron chi connectivity index (χ3n) is 6.74. The van der Waals surface area contributed by atoms with Gasteiger partial charge in [0, 0.05) is 11.0 Å². The molecule has 4 heteroatoms. The van der Waals surface area contributed by atoms with Gasteiger partial charge in [0.1, 0.15) is 12.4 Å². The van der Waals surface area contributed by atoms with E-state index in [1.165, 1.54) is 17.4 Å². The van der Waals surface area contributed by atoms with E-state index in [1.54, 1.807) is 6.07 Å². The Bertz CT molecular complexity index is 750. The molecule has 132 valence electrons. The summed E-state index contributed by atoms with van der Waals surface area (Å²) in [6.45, 7) is 2.12. The van der Waals surface area contributed by atoms with Crippen LogP contribution in [0.2, 0.25) is 0 Å². The number of fused-ring (bicyclic) bond motifs is 5. The maximum atomic E-state index is 13.0. The fourth-order valence-electron chi connectivity index (χ4n) is 5.53. The molecule has 4 rings (SSSR count). The first-order valence-corrected chi connectivity index (χ1v) is 9.15. The Morgan fingerprint density at radius 1 is 1.36 bits per heavy atom. The summed E-state index contributed by atoms with van der Waals surface area (Å²) in [4.78, 5) is 23.4. The van der Waals surface area contributed by atoms with Crippen molar-refractivity contribution < 1.29 is 19.4 Å². The van der Waals surface area contributed by atoms with Crippen molar-refractivity contribution in [1.82, 2.24) is 0 Å². The number of Topliss-reactive ketones (excluding diaryl/α,β-unsaturated/α-hetero) is 1. The molecule has 3 aliphatic carbocycles. The van der Waals surface area contributed by atoms with Crippen LogP contribution in [0.15, 0.2) is 30.0 Å². The number of phenolic OH excluding ortho intramolecular Hbond substituents is 1. The predicted octanol–water partition coefficient (Wildman–Crippen LogP) is 3.53. The molecule has 1 aromatic rings. The summed E-state index contributed by atoms with van der Waals surface area (Å²) in [5, 5.41) is 9.76. The van der Waals surface area contributed by atoms with Gasteiger partial charge in [-0.1, -0.05) is 13.0 Å². The molecule has 0 aromatic heterocycles. The third-order valence-corrected chi connectivity index (χ3v) is 6.74. The Labute approximate surface area is 147 Å². The highest BCUT2D eigenvalue weighted by atomic mass is 16.5. The first-order chi connectivity index (χ1) is 12.0. The van der Waals surface area contributed by atoms with E-state index in [9.17, 15) is 14.7 Å². The van der Waals surface area contributed by atoms with Gasteiger partial charge >= 0.3 is 0 Å². The fraction of sp³-hybridized carbons (Fsp3) is 0.524. The van der Waals surface area contributed by atoms with E-state index in [4.69, 9.17) is 4.74 Å². The molecule has 4 atom stereocenters. The summed E-state index contributed by atoms with van der Waals surface area (Å²) in [6, 6.07) is 5.76. The van der Waals surface area contributed by atoms with E-state index in [2.05, 4.69) is 13.0 Å². The van der Waals surface area contributed by atoms with Crippen molar-refractivity contribution in [1.29, 1.82) is 0 Å². The average molecular weight is 340 g/mol. The van der Waals surface area contributed by atoms with Crippen LogP contribution in [0.1, 0.15) is 49.7 Å². The summed E-state index contributed by atoms with van der Waals surface area (Å²) in [6.07, 6.45) is 6.91. The van der Waals surface area contributed by atoms with Crippen LogP contribution in [0.5, 0.6) is 5.75 Å². The lowest BCUT2D eigenvalue weighted by molar-refractivity contribution is -0.127. The number of phenols is 1. The monoisotopic (exact) mass is 340 g/mol. The Morgan fingerprint density at radius 3 is 3.00 bits per heavy atom. The lowest BCUT2D eigenvalue weighted by Crippen LogP contribution is -2.42. The first kappa shape index (κ1) is 16.4. The van der Waals surface area contributed by atoms with E-state index in [0.29, 0.717) is 29.8 Å². The summed E-state index contributed by atoms with van der Waals surface area (Å²) in [5.74, 6) is 1.86. The molecule has 0 amide bonds. The van der Waals surface area contributed by atoms with Gasteiger partial charge in [0.25, 0.3) is 0 Å². The maximum absolute atomic E-state index is 13.0. The van der Waals surface area contributed by atoms with Crippen LogP contribution >= 0.6 is 0 Å². The molecule has 25 heavy (non-hydrogen) atoms. The average Bonchev–Trinajstić information content (AvgIpc) is 2.86. The Hall–Kier alpha value is -2.10. The number of rotatable bonds is 3. The largest absolute Gasteiger partial charge is 0.508 e. The lowest BCUT2D eigenvalue weighted by Gasteiger charge is -2.48. The van der Waals surface area contributed by atoms with Crippen LogP contribution in [-0.4, -0.2) is 23.8 Å². The topological polar surface area (TPSA) is 63.6 Å². The highest BCUT2D eigenvalue weighted by Gasteiger charge is 2.56. The molecule has 4 nitrogen and oxygen atoms in total. The summed E-state index contributed by atoms with van der Waals surface area (Å²) in [7, 11) is 0. The molecular weight excluding hydrogens is 316 g/mol. The van der Waals surface area contributed by atoms with Gasteiger partial charge in [0.15, 0.2) is 12.1 Å². The van der Waals surface area contributed by atoms with E-state index in [1.807, 2.05) is 6.07 Å². The molecule has 0 heterocycles. The van der Waals surface area contributed by atoms with Crippen molar-refractivity contribution in [3.8, 4) is 5.75 Å². The number of hydrogen-bond donors (Lipinski definition) is 1. The Balaban J connectivity index is 1.64. The number of aldehydes is 1. The number of aryl methyl sites for hydroxylation is 1. The van der Waals surface area contributed by atoms with Gasteiger partial charge in [-0.05, 0) is 73.1 Å². The number of ether oxygens (including phenoxy) is 1. The number of benzene rings is 1. The van der Waals surface area contributed by atoms with Gasteiger partial charge in [-0.25, -0.2) is 0 Å². The summed E-state index contributed by atoms with van der Waals surface area (Å²) >= 11 is 0. The predicted molar refractivity (Wildman–Crippen MR) is 93.2 cm³/mol. The molecule has 0 saturated heterocycles. The van der Waals surface area contributed by atoms with Gasteiger partial charge in [-0.3, -0.25) is 9.59 Å². The molecular formula is C21H24O4. The second kappa shape index (κ2) is 6.01. The second-order valence-electron chi connectivity index (χ2n) is 7.93.